The molecule has 2 saturated heterocycles. The summed E-state index contributed by atoms with van der Waals surface area (Å²) < 4.78 is 21.4. The summed E-state index contributed by atoms with van der Waals surface area (Å²) in [6.07, 6.45) is 3.57. The SMILES string of the molecule is CC(C)(Oc1ncc(OCC2CO2)cn1)C1CO1. The maximum Gasteiger partial charge on any atom is 0.317 e. The molecule has 6 nitrogen and oxygen atoms in total. The second-order valence-corrected chi connectivity index (χ2v) is 5.00. The molecule has 0 saturated carbocycles. The Morgan fingerprint density at radius 1 is 1.28 bits per heavy atom. The predicted molar refractivity (Wildman–Crippen MR) is 61.7 cm³/mol. The van der Waals surface area contributed by atoms with Gasteiger partial charge in [0.25, 0.3) is 0 Å². The quantitative estimate of drug-likeness (QED) is 0.698. The second-order valence-electron chi connectivity index (χ2n) is 5.00. The molecule has 2 atom stereocenters. The molecule has 0 aliphatic carbocycles. The van der Waals surface area contributed by atoms with Gasteiger partial charge in [-0.05, 0) is 13.8 Å². The molecule has 0 spiro atoms. The van der Waals surface area contributed by atoms with E-state index in [1.807, 2.05) is 13.8 Å². The van der Waals surface area contributed by atoms with Crippen LogP contribution >= 0.6 is 0 Å². The minimum absolute atomic E-state index is 0.129. The van der Waals surface area contributed by atoms with Gasteiger partial charge in [0.15, 0.2) is 5.75 Å². The van der Waals surface area contributed by atoms with Crippen LogP contribution in [0.3, 0.4) is 0 Å². The smallest absolute Gasteiger partial charge is 0.317 e. The zero-order valence-corrected chi connectivity index (χ0v) is 10.5. The van der Waals surface area contributed by atoms with Crippen molar-refractivity contribution >= 4 is 0 Å². The van der Waals surface area contributed by atoms with Crippen molar-refractivity contribution in [3.63, 3.8) is 0 Å². The topological polar surface area (TPSA) is 69.3 Å². The Morgan fingerprint density at radius 2 is 1.94 bits per heavy atom. The van der Waals surface area contributed by atoms with Crippen LogP contribution in [0.15, 0.2) is 12.4 Å². The summed E-state index contributed by atoms with van der Waals surface area (Å²) >= 11 is 0. The average Bonchev–Trinajstić information content (AvgIpc) is 3.18. The first kappa shape index (κ1) is 11.7. The van der Waals surface area contributed by atoms with Gasteiger partial charge in [0, 0.05) is 0 Å². The summed E-state index contributed by atoms with van der Waals surface area (Å²) in [4.78, 5) is 8.24. The Kier molecular flexibility index (Phi) is 2.83. The predicted octanol–water partition coefficient (Wildman–Crippen LogP) is 0.810. The maximum atomic E-state index is 5.69. The van der Waals surface area contributed by atoms with Crippen molar-refractivity contribution in [3.05, 3.63) is 12.4 Å². The van der Waals surface area contributed by atoms with Crippen molar-refractivity contribution in [2.75, 3.05) is 19.8 Å². The summed E-state index contributed by atoms with van der Waals surface area (Å²) in [5.74, 6) is 0.623. The van der Waals surface area contributed by atoms with Crippen LogP contribution in [0, 0.1) is 0 Å². The van der Waals surface area contributed by atoms with E-state index in [2.05, 4.69) is 9.97 Å². The number of rotatable bonds is 6. The van der Waals surface area contributed by atoms with Gasteiger partial charge in [0.2, 0.25) is 0 Å². The fourth-order valence-corrected chi connectivity index (χ4v) is 1.54. The minimum atomic E-state index is -0.399. The van der Waals surface area contributed by atoms with Crippen molar-refractivity contribution in [2.24, 2.45) is 0 Å². The highest BCUT2D eigenvalue weighted by Crippen LogP contribution is 2.28. The van der Waals surface area contributed by atoms with Crippen molar-refractivity contribution in [1.29, 1.82) is 0 Å². The van der Waals surface area contributed by atoms with E-state index in [9.17, 15) is 0 Å². The molecule has 2 aliphatic heterocycles. The van der Waals surface area contributed by atoms with Gasteiger partial charge in [-0.25, -0.2) is 0 Å². The van der Waals surface area contributed by atoms with Crippen LogP contribution < -0.4 is 9.47 Å². The highest BCUT2D eigenvalue weighted by molar-refractivity contribution is 5.15. The van der Waals surface area contributed by atoms with Crippen LogP contribution in [0.2, 0.25) is 0 Å². The molecule has 6 heteroatoms. The van der Waals surface area contributed by atoms with Crippen LogP contribution in [-0.2, 0) is 9.47 Å². The zero-order valence-electron chi connectivity index (χ0n) is 10.5. The van der Waals surface area contributed by atoms with Gasteiger partial charge in [0.1, 0.15) is 24.4 Å². The minimum Gasteiger partial charge on any atom is -0.488 e. The van der Waals surface area contributed by atoms with Crippen LogP contribution in [0.1, 0.15) is 13.8 Å². The summed E-state index contributed by atoms with van der Waals surface area (Å²) in [6, 6.07) is 0.338. The molecule has 0 N–H and O–H groups in total. The molecule has 98 valence electrons. The summed E-state index contributed by atoms with van der Waals surface area (Å²) in [5.41, 5.74) is -0.399. The van der Waals surface area contributed by atoms with Gasteiger partial charge in [-0.2, -0.15) is 9.97 Å². The summed E-state index contributed by atoms with van der Waals surface area (Å²) in [5, 5.41) is 0. The maximum absolute atomic E-state index is 5.69. The number of epoxide rings is 2. The molecule has 3 rings (SSSR count). The summed E-state index contributed by atoms with van der Waals surface area (Å²) in [6.45, 7) is 5.98. The molecule has 0 bridgehead atoms. The largest absolute Gasteiger partial charge is 0.488 e. The molecule has 1 aromatic rings. The third kappa shape index (κ3) is 2.88. The molecule has 2 fully saturated rings. The number of ether oxygens (including phenoxy) is 4. The third-order valence-electron chi connectivity index (χ3n) is 2.91. The first-order valence-electron chi connectivity index (χ1n) is 6.00. The molecule has 2 aliphatic rings. The number of aromatic nitrogens is 2. The molecular weight excluding hydrogens is 236 g/mol. The van der Waals surface area contributed by atoms with Gasteiger partial charge in [-0.3, -0.25) is 0 Å². The third-order valence-corrected chi connectivity index (χ3v) is 2.91. The van der Waals surface area contributed by atoms with Gasteiger partial charge < -0.3 is 18.9 Å². The second kappa shape index (κ2) is 4.37. The van der Waals surface area contributed by atoms with Crippen molar-refractivity contribution < 1.29 is 18.9 Å². The lowest BCUT2D eigenvalue weighted by Gasteiger charge is -2.22. The number of hydrogen-bond donors (Lipinski definition) is 0. The van der Waals surface area contributed by atoms with E-state index < -0.39 is 5.60 Å². The fourth-order valence-electron chi connectivity index (χ4n) is 1.54. The van der Waals surface area contributed by atoms with Gasteiger partial charge in [-0.15, -0.1) is 0 Å². The van der Waals surface area contributed by atoms with E-state index in [-0.39, 0.29) is 12.2 Å². The number of nitrogens with zero attached hydrogens (tertiary/aromatic N) is 2. The van der Waals surface area contributed by atoms with E-state index in [0.29, 0.717) is 18.4 Å². The summed E-state index contributed by atoms with van der Waals surface area (Å²) in [7, 11) is 0. The molecule has 2 unspecified atom stereocenters. The lowest BCUT2D eigenvalue weighted by molar-refractivity contribution is 0.0637. The first-order valence-corrected chi connectivity index (χ1v) is 6.00. The van der Waals surface area contributed by atoms with Crippen molar-refractivity contribution in [1.82, 2.24) is 9.97 Å². The monoisotopic (exact) mass is 252 g/mol. The van der Waals surface area contributed by atoms with Crippen molar-refractivity contribution in [2.45, 2.75) is 31.7 Å². The Bertz CT molecular complexity index is 413. The van der Waals surface area contributed by atoms with Crippen LogP contribution in [-0.4, -0.2) is 47.6 Å². The van der Waals surface area contributed by atoms with Gasteiger partial charge >= 0.3 is 6.01 Å². The fraction of sp³-hybridized carbons (Fsp3) is 0.667. The molecule has 0 radical (unpaired) electrons. The Hall–Kier alpha value is -1.40. The lowest BCUT2D eigenvalue weighted by atomic mass is 10.1. The number of hydrogen-bond acceptors (Lipinski definition) is 6. The lowest BCUT2D eigenvalue weighted by Crippen LogP contribution is -2.35. The molecular formula is C12H16N2O4. The van der Waals surface area contributed by atoms with Crippen LogP contribution in [0.5, 0.6) is 11.8 Å². The Balaban J connectivity index is 1.55. The Labute approximate surface area is 105 Å². The van der Waals surface area contributed by atoms with E-state index in [1.54, 1.807) is 12.4 Å². The molecule has 0 aromatic carbocycles. The van der Waals surface area contributed by atoms with Gasteiger partial charge in [-0.1, -0.05) is 0 Å². The standard InChI is InChI=1S/C12H16N2O4/c1-12(2,10-7-17-10)18-11-13-3-8(4-14-11)15-5-9-6-16-9/h3-4,9-10H,5-7H2,1-2H3. The molecule has 3 heterocycles. The van der Waals surface area contributed by atoms with E-state index in [1.165, 1.54) is 0 Å². The first-order chi connectivity index (χ1) is 8.63. The van der Waals surface area contributed by atoms with E-state index >= 15 is 0 Å². The zero-order chi connectivity index (χ0) is 12.6. The highest BCUT2D eigenvalue weighted by atomic mass is 16.6. The van der Waals surface area contributed by atoms with Gasteiger partial charge in [0.05, 0.1) is 25.6 Å². The normalized spacial score (nSPS) is 25.7. The molecule has 1 aromatic heterocycles. The van der Waals surface area contributed by atoms with E-state index in [0.717, 1.165) is 13.2 Å². The average molecular weight is 252 g/mol. The van der Waals surface area contributed by atoms with Crippen LogP contribution in [0.4, 0.5) is 0 Å². The van der Waals surface area contributed by atoms with E-state index in [4.69, 9.17) is 18.9 Å². The van der Waals surface area contributed by atoms with Crippen LogP contribution in [0.25, 0.3) is 0 Å². The Morgan fingerprint density at radius 3 is 2.50 bits per heavy atom. The molecule has 18 heavy (non-hydrogen) atoms. The molecule has 0 amide bonds. The van der Waals surface area contributed by atoms with Crippen molar-refractivity contribution in [3.8, 4) is 11.8 Å². The highest BCUT2D eigenvalue weighted by Gasteiger charge is 2.42.